The summed E-state index contributed by atoms with van der Waals surface area (Å²) < 4.78 is 4.72. The molecule has 0 radical (unpaired) electrons. The van der Waals surface area contributed by atoms with E-state index in [0.717, 1.165) is 0 Å². The molecule has 0 heterocycles. The number of benzene rings is 2. The molecule has 22 heavy (non-hydrogen) atoms. The highest BCUT2D eigenvalue weighted by Crippen LogP contribution is 2.28. The molecule has 2 aromatic rings. The molecule has 0 saturated carbocycles. The lowest BCUT2D eigenvalue weighted by atomic mass is 10.0. The Hall–Kier alpha value is -3.01. The van der Waals surface area contributed by atoms with E-state index in [2.05, 4.69) is 0 Å². The van der Waals surface area contributed by atoms with E-state index in [0.29, 0.717) is 22.3 Å². The molecule has 2 aromatic carbocycles. The Morgan fingerprint density at radius 3 is 2.05 bits per heavy atom. The molecule has 0 amide bonds. The monoisotopic (exact) mass is 292 g/mol. The highest BCUT2D eigenvalue weighted by Gasteiger charge is 2.32. The van der Waals surface area contributed by atoms with Gasteiger partial charge in [0.1, 0.15) is 0 Å². The first-order chi connectivity index (χ1) is 10.6. The molecule has 4 nitrogen and oxygen atoms in total. The molecule has 1 aliphatic carbocycles. The van der Waals surface area contributed by atoms with Crippen LogP contribution in [0.25, 0.3) is 6.08 Å². The maximum atomic E-state index is 12.4. The van der Waals surface area contributed by atoms with Crippen LogP contribution in [-0.4, -0.2) is 24.6 Å². The van der Waals surface area contributed by atoms with E-state index in [-0.39, 0.29) is 17.1 Å². The number of methoxy groups -OCH3 is 1. The number of ether oxygens (including phenoxy) is 1. The van der Waals surface area contributed by atoms with Crippen LogP contribution in [0, 0.1) is 0 Å². The minimum absolute atomic E-state index is 0.0672. The van der Waals surface area contributed by atoms with Gasteiger partial charge in [-0.05, 0) is 17.7 Å². The number of allylic oxidation sites excluding steroid dienone is 1. The molecule has 108 valence electrons. The van der Waals surface area contributed by atoms with Crippen molar-refractivity contribution in [1.29, 1.82) is 0 Å². The Balaban J connectivity index is 2.11. The van der Waals surface area contributed by atoms with Gasteiger partial charge in [-0.15, -0.1) is 0 Å². The Morgan fingerprint density at radius 1 is 0.909 bits per heavy atom. The summed E-state index contributed by atoms with van der Waals surface area (Å²) in [5.41, 5.74) is 1.66. The van der Waals surface area contributed by atoms with Crippen molar-refractivity contribution in [2.24, 2.45) is 0 Å². The summed E-state index contributed by atoms with van der Waals surface area (Å²) >= 11 is 0. The highest BCUT2D eigenvalue weighted by molar-refractivity contribution is 6.41. The summed E-state index contributed by atoms with van der Waals surface area (Å²) in [5.74, 6) is -1.15. The summed E-state index contributed by atoms with van der Waals surface area (Å²) in [6.45, 7) is 0. The third-order valence-electron chi connectivity index (χ3n) is 3.57. The largest absolute Gasteiger partial charge is 0.465 e. The van der Waals surface area contributed by atoms with Crippen molar-refractivity contribution in [2.75, 3.05) is 7.11 Å². The molecule has 0 saturated heterocycles. The Labute approximate surface area is 127 Å². The van der Waals surface area contributed by atoms with E-state index in [9.17, 15) is 14.4 Å². The molecule has 3 rings (SSSR count). The van der Waals surface area contributed by atoms with Crippen molar-refractivity contribution in [3.63, 3.8) is 0 Å². The molecular weight excluding hydrogens is 280 g/mol. The van der Waals surface area contributed by atoms with Gasteiger partial charge in [0, 0.05) is 11.1 Å². The van der Waals surface area contributed by atoms with Gasteiger partial charge in [-0.1, -0.05) is 42.5 Å². The summed E-state index contributed by atoms with van der Waals surface area (Å²) in [6.07, 6.45) is 1.46. The number of hydrogen-bond donors (Lipinski definition) is 0. The quantitative estimate of drug-likeness (QED) is 0.485. The first-order valence-electron chi connectivity index (χ1n) is 6.71. The van der Waals surface area contributed by atoms with Crippen LogP contribution in [0.2, 0.25) is 0 Å². The number of carbonyl (C=O) groups excluding carboxylic acids is 3. The number of carbonyl (C=O) groups is 3. The number of hydrogen-bond acceptors (Lipinski definition) is 4. The second kappa shape index (κ2) is 5.41. The van der Waals surface area contributed by atoms with Gasteiger partial charge in [0.25, 0.3) is 0 Å². The predicted octanol–water partition coefficient (Wildman–Crippen LogP) is 2.94. The van der Waals surface area contributed by atoms with Crippen LogP contribution < -0.4 is 0 Å². The number of esters is 1. The van der Waals surface area contributed by atoms with Crippen LogP contribution in [-0.2, 0) is 4.74 Å². The lowest BCUT2D eigenvalue weighted by Gasteiger charge is -2.04. The van der Waals surface area contributed by atoms with Gasteiger partial charge in [-0.2, -0.15) is 0 Å². The fourth-order valence-electron chi connectivity index (χ4n) is 2.48. The first-order valence-corrected chi connectivity index (χ1v) is 6.71. The molecule has 0 fully saturated rings. The number of Topliss-reactive ketones (excluding diaryl/α,β-unsaturated/α-hetero) is 2. The normalized spacial score (nSPS) is 13.0. The van der Waals surface area contributed by atoms with E-state index in [4.69, 9.17) is 4.74 Å². The third kappa shape index (κ3) is 2.15. The van der Waals surface area contributed by atoms with Crippen molar-refractivity contribution >= 4 is 23.6 Å². The van der Waals surface area contributed by atoms with E-state index in [1.807, 2.05) is 0 Å². The summed E-state index contributed by atoms with van der Waals surface area (Å²) in [6, 6.07) is 13.4. The van der Waals surface area contributed by atoms with Gasteiger partial charge in [-0.3, -0.25) is 9.59 Å². The third-order valence-corrected chi connectivity index (χ3v) is 3.57. The smallest absolute Gasteiger partial charge is 0.338 e. The Bertz CT molecular complexity index is 793. The van der Waals surface area contributed by atoms with Crippen LogP contribution >= 0.6 is 0 Å². The number of ketones is 2. The molecule has 0 unspecified atom stereocenters. The van der Waals surface area contributed by atoms with E-state index in [1.54, 1.807) is 48.5 Å². The molecule has 0 aliphatic heterocycles. The van der Waals surface area contributed by atoms with Gasteiger partial charge < -0.3 is 4.74 Å². The average Bonchev–Trinajstić information content (AvgIpc) is 2.80. The van der Waals surface area contributed by atoms with Crippen LogP contribution in [0.5, 0.6) is 0 Å². The molecule has 0 aromatic heterocycles. The first kappa shape index (κ1) is 13.9. The highest BCUT2D eigenvalue weighted by atomic mass is 16.5. The van der Waals surface area contributed by atoms with Gasteiger partial charge in [0.05, 0.1) is 18.2 Å². The van der Waals surface area contributed by atoms with Gasteiger partial charge in [0.2, 0.25) is 0 Å². The number of rotatable bonds is 2. The van der Waals surface area contributed by atoms with E-state index < -0.39 is 5.97 Å². The van der Waals surface area contributed by atoms with Crippen molar-refractivity contribution < 1.29 is 19.1 Å². The SMILES string of the molecule is COC(=O)c1ccccc1C=C1C(=O)c2ccccc2C1=O. The molecule has 0 atom stereocenters. The molecular formula is C18H12O4. The topological polar surface area (TPSA) is 60.4 Å². The van der Waals surface area contributed by atoms with Gasteiger partial charge in [0.15, 0.2) is 11.6 Å². The van der Waals surface area contributed by atoms with Gasteiger partial charge in [-0.25, -0.2) is 4.79 Å². The minimum Gasteiger partial charge on any atom is -0.465 e. The Kier molecular flexibility index (Phi) is 3.43. The fourth-order valence-corrected chi connectivity index (χ4v) is 2.48. The zero-order valence-corrected chi connectivity index (χ0v) is 11.8. The zero-order chi connectivity index (χ0) is 15.7. The van der Waals surface area contributed by atoms with Crippen molar-refractivity contribution in [1.82, 2.24) is 0 Å². The minimum atomic E-state index is -0.511. The summed E-state index contributed by atoms with van der Waals surface area (Å²) in [7, 11) is 1.29. The summed E-state index contributed by atoms with van der Waals surface area (Å²) in [4.78, 5) is 36.5. The van der Waals surface area contributed by atoms with Crippen LogP contribution in [0.1, 0.15) is 36.6 Å². The van der Waals surface area contributed by atoms with Crippen molar-refractivity contribution in [2.45, 2.75) is 0 Å². The van der Waals surface area contributed by atoms with Gasteiger partial charge >= 0.3 is 5.97 Å². The number of fused-ring (bicyclic) bond motifs is 1. The van der Waals surface area contributed by atoms with Crippen molar-refractivity contribution in [3.05, 3.63) is 76.4 Å². The summed E-state index contributed by atoms with van der Waals surface area (Å²) in [5, 5.41) is 0. The molecule has 0 bridgehead atoms. The maximum Gasteiger partial charge on any atom is 0.338 e. The Morgan fingerprint density at radius 2 is 1.45 bits per heavy atom. The van der Waals surface area contributed by atoms with Crippen LogP contribution in [0.15, 0.2) is 54.1 Å². The molecule has 1 aliphatic rings. The van der Waals surface area contributed by atoms with Crippen molar-refractivity contribution in [3.8, 4) is 0 Å². The standard InChI is InChI=1S/C18H12O4/c1-22-18(21)12-7-3-2-6-11(12)10-15-16(19)13-8-4-5-9-14(13)17(15)20/h2-10H,1H3. The second-order valence-corrected chi connectivity index (χ2v) is 4.84. The van der Waals surface area contributed by atoms with E-state index in [1.165, 1.54) is 13.2 Å². The zero-order valence-electron chi connectivity index (χ0n) is 11.8. The molecule has 0 spiro atoms. The van der Waals surface area contributed by atoms with Crippen LogP contribution in [0.3, 0.4) is 0 Å². The second-order valence-electron chi connectivity index (χ2n) is 4.84. The fraction of sp³-hybridized carbons (Fsp3) is 0.0556. The predicted molar refractivity (Wildman–Crippen MR) is 80.9 cm³/mol. The lowest BCUT2D eigenvalue weighted by molar-refractivity contribution is 0.0600. The average molecular weight is 292 g/mol. The van der Waals surface area contributed by atoms with E-state index >= 15 is 0 Å². The molecule has 4 heteroatoms. The van der Waals surface area contributed by atoms with Crippen LogP contribution in [0.4, 0.5) is 0 Å². The lowest BCUT2D eigenvalue weighted by Crippen LogP contribution is -2.05. The molecule has 0 N–H and O–H groups in total. The maximum absolute atomic E-state index is 12.4.